The van der Waals surface area contributed by atoms with E-state index in [4.69, 9.17) is 5.73 Å². The van der Waals surface area contributed by atoms with E-state index in [0.29, 0.717) is 0 Å². The predicted octanol–water partition coefficient (Wildman–Crippen LogP) is 6.13. The van der Waals surface area contributed by atoms with Gasteiger partial charge in [0.1, 0.15) is 0 Å². The molecule has 0 fully saturated rings. The third-order valence-corrected chi connectivity index (χ3v) is 4.58. The monoisotopic (exact) mass is 321 g/mol. The van der Waals surface area contributed by atoms with Gasteiger partial charge in [0.05, 0.1) is 0 Å². The minimum atomic E-state index is -0.236. The van der Waals surface area contributed by atoms with Crippen LogP contribution in [0.3, 0.4) is 0 Å². The van der Waals surface area contributed by atoms with Crippen molar-refractivity contribution >= 4 is 12.2 Å². The van der Waals surface area contributed by atoms with E-state index in [9.17, 15) is 0 Å². The van der Waals surface area contributed by atoms with E-state index in [0.717, 1.165) is 12.8 Å². The van der Waals surface area contributed by atoms with Crippen molar-refractivity contribution in [3.8, 4) is 0 Å². The molecule has 0 aliphatic rings. The summed E-state index contributed by atoms with van der Waals surface area (Å²) in [6.07, 6.45) is 6.42. The molecule has 0 spiro atoms. The minimum Gasteiger partial charge on any atom is -0.322 e. The Morgan fingerprint density at radius 1 is 0.750 bits per heavy atom. The molecule has 1 heteroatoms. The normalized spacial score (nSPS) is 14.8. The van der Waals surface area contributed by atoms with Crippen molar-refractivity contribution in [2.75, 3.05) is 0 Å². The molecule has 1 nitrogen and oxygen atoms in total. The van der Waals surface area contributed by atoms with Crippen LogP contribution < -0.4 is 5.73 Å². The summed E-state index contributed by atoms with van der Waals surface area (Å²) in [5, 5.41) is 0. The molecule has 0 bridgehead atoms. The molecule has 2 N–H and O–H groups in total. The highest BCUT2D eigenvalue weighted by molar-refractivity contribution is 5.69. The van der Waals surface area contributed by atoms with Crippen LogP contribution in [-0.4, -0.2) is 0 Å². The lowest BCUT2D eigenvalue weighted by Gasteiger charge is -2.24. The fourth-order valence-corrected chi connectivity index (χ4v) is 2.93. The van der Waals surface area contributed by atoms with Crippen LogP contribution in [0.1, 0.15) is 69.7 Å². The average molecular weight is 322 g/mol. The van der Waals surface area contributed by atoms with Crippen molar-refractivity contribution in [2.24, 2.45) is 5.73 Å². The topological polar surface area (TPSA) is 26.0 Å². The zero-order valence-electron chi connectivity index (χ0n) is 15.8. The van der Waals surface area contributed by atoms with Crippen LogP contribution in [0.4, 0.5) is 0 Å². The van der Waals surface area contributed by atoms with Gasteiger partial charge in [-0.05, 0) is 41.0 Å². The summed E-state index contributed by atoms with van der Waals surface area (Å²) in [6, 6.07) is 17.4. The molecular weight excluding hydrogens is 290 g/mol. The zero-order chi connectivity index (χ0) is 17.8. The summed E-state index contributed by atoms with van der Waals surface area (Å²) in [5.41, 5.74) is 11.3. The Morgan fingerprint density at radius 2 is 1.17 bits per heavy atom. The van der Waals surface area contributed by atoms with Crippen molar-refractivity contribution in [2.45, 2.75) is 58.4 Å². The molecule has 0 aliphatic carbocycles. The summed E-state index contributed by atoms with van der Waals surface area (Å²) < 4.78 is 0. The largest absolute Gasteiger partial charge is 0.322 e. The smallest absolute Gasteiger partial charge is 0.0380 e. The SMILES string of the molecule is CCCC(C)(N)c1ccc(/C=C/c2ccc(C(C)(C)C)cc2)cc1. The predicted molar refractivity (Wildman–Crippen MR) is 107 cm³/mol. The first kappa shape index (κ1) is 18.5. The molecule has 0 heterocycles. The maximum atomic E-state index is 6.39. The van der Waals surface area contributed by atoms with Crippen LogP contribution in [0.5, 0.6) is 0 Å². The van der Waals surface area contributed by atoms with E-state index in [1.807, 2.05) is 0 Å². The van der Waals surface area contributed by atoms with E-state index in [2.05, 4.69) is 95.3 Å². The summed E-state index contributed by atoms with van der Waals surface area (Å²) >= 11 is 0. The highest BCUT2D eigenvalue weighted by Gasteiger charge is 2.19. The molecule has 0 saturated carbocycles. The first-order valence-electron chi connectivity index (χ1n) is 8.90. The minimum absolute atomic E-state index is 0.200. The molecule has 0 saturated heterocycles. The molecule has 0 aromatic heterocycles. The lowest BCUT2D eigenvalue weighted by atomic mass is 9.86. The van der Waals surface area contributed by atoms with E-state index in [1.54, 1.807) is 0 Å². The number of rotatable bonds is 5. The van der Waals surface area contributed by atoms with Crippen molar-refractivity contribution in [3.05, 3.63) is 70.8 Å². The molecule has 128 valence electrons. The lowest BCUT2D eigenvalue weighted by Crippen LogP contribution is -2.32. The standard InChI is InChI=1S/C23H31N/c1-6-17-23(5,24)21-15-11-19(12-16-21)8-7-18-9-13-20(14-10-18)22(2,3)4/h7-16H,6,17,24H2,1-5H3/b8-7+. The van der Waals surface area contributed by atoms with Crippen LogP contribution in [0, 0.1) is 0 Å². The van der Waals surface area contributed by atoms with Crippen LogP contribution >= 0.6 is 0 Å². The number of benzene rings is 2. The van der Waals surface area contributed by atoms with Crippen LogP contribution in [0.25, 0.3) is 12.2 Å². The van der Waals surface area contributed by atoms with Crippen molar-refractivity contribution in [1.29, 1.82) is 0 Å². The molecule has 2 aromatic carbocycles. The van der Waals surface area contributed by atoms with Gasteiger partial charge in [0.15, 0.2) is 0 Å². The van der Waals surface area contributed by atoms with Crippen molar-refractivity contribution < 1.29 is 0 Å². The molecule has 2 rings (SSSR count). The first-order chi connectivity index (χ1) is 11.2. The highest BCUT2D eigenvalue weighted by Crippen LogP contribution is 2.24. The van der Waals surface area contributed by atoms with Gasteiger partial charge >= 0.3 is 0 Å². The highest BCUT2D eigenvalue weighted by atomic mass is 14.7. The third kappa shape index (κ3) is 4.82. The maximum Gasteiger partial charge on any atom is 0.0380 e. The molecular formula is C23H31N. The van der Waals surface area contributed by atoms with Gasteiger partial charge in [-0.3, -0.25) is 0 Å². The van der Waals surface area contributed by atoms with Gasteiger partial charge in [-0.2, -0.15) is 0 Å². The van der Waals surface area contributed by atoms with Gasteiger partial charge in [0.25, 0.3) is 0 Å². The van der Waals surface area contributed by atoms with Gasteiger partial charge < -0.3 is 5.73 Å². The number of nitrogens with two attached hydrogens (primary N) is 1. The Hall–Kier alpha value is -1.86. The van der Waals surface area contributed by atoms with Crippen molar-refractivity contribution in [1.82, 2.24) is 0 Å². The maximum absolute atomic E-state index is 6.39. The molecule has 1 unspecified atom stereocenters. The Morgan fingerprint density at radius 3 is 1.54 bits per heavy atom. The van der Waals surface area contributed by atoms with Gasteiger partial charge in [-0.25, -0.2) is 0 Å². The summed E-state index contributed by atoms with van der Waals surface area (Å²) in [5.74, 6) is 0. The summed E-state index contributed by atoms with van der Waals surface area (Å²) in [4.78, 5) is 0. The number of hydrogen-bond donors (Lipinski definition) is 1. The van der Waals surface area contributed by atoms with Crippen molar-refractivity contribution in [3.63, 3.8) is 0 Å². The third-order valence-electron chi connectivity index (χ3n) is 4.58. The van der Waals surface area contributed by atoms with Crippen LogP contribution in [0.2, 0.25) is 0 Å². The second-order valence-corrected chi connectivity index (χ2v) is 7.99. The average Bonchev–Trinajstić information content (AvgIpc) is 2.53. The Bertz CT molecular complexity index is 667. The second-order valence-electron chi connectivity index (χ2n) is 7.99. The van der Waals surface area contributed by atoms with Crippen LogP contribution in [-0.2, 0) is 11.0 Å². The zero-order valence-corrected chi connectivity index (χ0v) is 15.8. The van der Waals surface area contributed by atoms with E-state index in [-0.39, 0.29) is 11.0 Å². The molecule has 24 heavy (non-hydrogen) atoms. The number of hydrogen-bond acceptors (Lipinski definition) is 1. The van der Waals surface area contributed by atoms with E-state index >= 15 is 0 Å². The van der Waals surface area contributed by atoms with Crippen LogP contribution in [0.15, 0.2) is 48.5 Å². The van der Waals surface area contributed by atoms with Gasteiger partial charge in [-0.15, -0.1) is 0 Å². The molecule has 0 amide bonds. The van der Waals surface area contributed by atoms with Gasteiger partial charge in [-0.1, -0.05) is 94.8 Å². The van der Waals surface area contributed by atoms with Gasteiger partial charge in [0, 0.05) is 5.54 Å². The van der Waals surface area contributed by atoms with E-state index in [1.165, 1.54) is 22.3 Å². The Labute approximate surface area is 147 Å². The van der Waals surface area contributed by atoms with E-state index < -0.39 is 0 Å². The first-order valence-corrected chi connectivity index (χ1v) is 8.90. The summed E-state index contributed by atoms with van der Waals surface area (Å²) in [7, 11) is 0. The molecule has 1 atom stereocenters. The molecule has 0 radical (unpaired) electrons. The fraction of sp³-hybridized carbons (Fsp3) is 0.391. The Balaban J connectivity index is 2.09. The quantitative estimate of drug-likeness (QED) is 0.659. The Kier molecular flexibility index (Phi) is 5.66. The summed E-state index contributed by atoms with van der Waals surface area (Å²) in [6.45, 7) is 11.0. The lowest BCUT2D eigenvalue weighted by molar-refractivity contribution is 0.447. The molecule has 0 aliphatic heterocycles. The molecule has 2 aromatic rings. The second kappa shape index (κ2) is 7.36. The fourth-order valence-electron chi connectivity index (χ4n) is 2.93. The van der Waals surface area contributed by atoms with Gasteiger partial charge in [0.2, 0.25) is 0 Å².